The zero-order valence-corrected chi connectivity index (χ0v) is 32.3. The molecule has 2 spiro atoms. The predicted molar refractivity (Wildman–Crippen MR) is 204 cm³/mol. The number of halogens is 4. The fourth-order valence-electron chi connectivity index (χ4n) is 11.7. The topological polar surface area (TPSA) is 153 Å². The fourth-order valence-corrected chi connectivity index (χ4v) is 11.7. The lowest BCUT2D eigenvalue weighted by molar-refractivity contribution is -0.528. The SMILES string of the molecule is [N-]=[N+]=N[C@H]1[C@@H]2OC3(CCCC3)OO[C@]2(c2ccc(F)cc2)C[C@]1(c1ccc(F)cc1)[C@@]1(c2ccc(F)cc2)C[C@@]2(c3ccc(F)cc3)OOC3(CCCC3)O[C@H]2[C@@H]1N=[N+]=[N-]. The average Bonchev–Trinajstić information content (AvgIpc) is 4.04. The van der Waals surface area contributed by atoms with Crippen molar-refractivity contribution in [2.75, 3.05) is 0 Å². The minimum Gasteiger partial charge on any atom is -0.340 e. The Bertz CT molecular complexity index is 2200. The van der Waals surface area contributed by atoms with Gasteiger partial charge in [-0.25, -0.2) is 37.1 Å². The lowest BCUT2D eigenvalue weighted by Gasteiger charge is -2.53. The van der Waals surface area contributed by atoms with Crippen molar-refractivity contribution in [1.29, 1.82) is 0 Å². The molecule has 4 saturated carbocycles. The number of azide groups is 2. The first kappa shape index (κ1) is 39.1. The Morgan fingerprint density at radius 3 is 1.05 bits per heavy atom. The van der Waals surface area contributed by atoms with Crippen molar-refractivity contribution in [2.45, 2.75) is 122 Å². The van der Waals surface area contributed by atoms with Crippen LogP contribution in [0.1, 0.15) is 86.5 Å². The average molecular weight is 825 g/mol. The fraction of sp³-hybridized carbons (Fsp3) is 0.455. The molecule has 2 heterocycles. The van der Waals surface area contributed by atoms with E-state index >= 15 is 8.78 Å². The third-order valence-electron chi connectivity index (χ3n) is 14.2. The summed E-state index contributed by atoms with van der Waals surface area (Å²) in [7, 11) is 0. The molecular weight excluding hydrogens is 785 g/mol. The second-order valence-electron chi connectivity index (χ2n) is 17.0. The van der Waals surface area contributed by atoms with Gasteiger partial charge in [0.05, 0.1) is 12.1 Å². The minimum absolute atomic E-state index is 0.172. The van der Waals surface area contributed by atoms with Crippen molar-refractivity contribution in [3.8, 4) is 0 Å². The minimum atomic E-state index is -1.68. The normalized spacial score (nSPS) is 34.8. The Morgan fingerprint density at radius 2 is 0.750 bits per heavy atom. The molecule has 0 unspecified atom stereocenters. The molecule has 310 valence electrons. The van der Waals surface area contributed by atoms with Crippen molar-refractivity contribution in [2.24, 2.45) is 10.2 Å². The molecule has 4 aromatic rings. The second kappa shape index (κ2) is 14.3. The van der Waals surface area contributed by atoms with Crippen LogP contribution in [0.25, 0.3) is 20.9 Å². The molecule has 8 atom stereocenters. The lowest BCUT2D eigenvalue weighted by atomic mass is 9.51. The van der Waals surface area contributed by atoms with Gasteiger partial charge in [-0.3, -0.25) is 0 Å². The summed E-state index contributed by atoms with van der Waals surface area (Å²) in [4.78, 5) is 32.9. The molecule has 6 aliphatic rings. The Labute approximate surface area is 341 Å². The van der Waals surface area contributed by atoms with Gasteiger partial charge in [0.25, 0.3) is 0 Å². The Balaban J connectivity index is 1.33. The first-order valence-electron chi connectivity index (χ1n) is 20.3. The molecule has 60 heavy (non-hydrogen) atoms. The molecular formula is C44H40F4N6O6. The summed E-state index contributed by atoms with van der Waals surface area (Å²) in [6, 6.07) is 20.1. The second-order valence-corrected chi connectivity index (χ2v) is 17.0. The summed E-state index contributed by atoms with van der Waals surface area (Å²) >= 11 is 0. The molecule has 2 saturated heterocycles. The molecule has 10 rings (SSSR count). The monoisotopic (exact) mass is 824 g/mol. The van der Waals surface area contributed by atoms with E-state index in [1.54, 1.807) is 48.5 Å². The van der Waals surface area contributed by atoms with Crippen LogP contribution in [-0.4, -0.2) is 35.9 Å². The maximum absolute atomic E-state index is 15.2. The van der Waals surface area contributed by atoms with E-state index in [4.69, 9.17) is 29.0 Å². The first-order valence-corrected chi connectivity index (χ1v) is 20.3. The maximum Gasteiger partial charge on any atom is 0.202 e. The maximum atomic E-state index is 15.2. The van der Waals surface area contributed by atoms with Gasteiger partial charge < -0.3 is 9.47 Å². The highest BCUT2D eigenvalue weighted by Crippen LogP contribution is 2.72. The first-order chi connectivity index (χ1) is 29.1. The van der Waals surface area contributed by atoms with Gasteiger partial charge in [-0.05, 0) is 120 Å². The van der Waals surface area contributed by atoms with E-state index in [1.807, 2.05) is 0 Å². The van der Waals surface area contributed by atoms with Crippen LogP contribution in [0.3, 0.4) is 0 Å². The highest BCUT2D eigenvalue weighted by atomic mass is 19.1. The summed E-state index contributed by atoms with van der Waals surface area (Å²) < 4.78 is 74.1. The highest BCUT2D eigenvalue weighted by molar-refractivity contribution is 5.53. The summed E-state index contributed by atoms with van der Waals surface area (Å²) in [6.45, 7) is 0. The van der Waals surface area contributed by atoms with Gasteiger partial charge in [0, 0.05) is 46.3 Å². The Kier molecular flexibility index (Phi) is 9.32. The summed E-state index contributed by atoms with van der Waals surface area (Å²) in [5.74, 6) is -4.64. The zero-order valence-electron chi connectivity index (χ0n) is 32.3. The van der Waals surface area contributed by atoms with E-state index in [-0.39, 0.29) is 12.8 Å². The zero-order chi connectivity index (χ0) is 41.4. The number of nitrogens with zero attached hydrogens (tertiary/aromatic N) is 6. The Hall–Kier alpha value is -5.02. The number of benzene rings is 4. The van der Waals surface area contributed by atoms with Crippen molar-refractivity contribution in [3.05, 3.63) is 163 Å². The number of ether oxygens (including phenoxy) is 2. The molecule has 4 aromatic carbocycles. The van der Waals surface area contributed by atoms with Gasteiger partial charge in [0.1, 0.15) is 35.5 Å². The molecule has 16 heteroatoms. The van der Waals surface area contributed by atoms with Crippen LogP contribution in [0.15, 0.2) is 107 Å². The van der Waals surface area contributed by atoms with Crippen LogP contribution in [-0.2, 0) is 51.1 Å². The van der Waals surface area contributed by atoms with Crippen molar-refractivity contribution in [1.82, 2.24) is 0 Å². The van der Waals surface area contributed by atoms with Crippen LogP contribution < -0.4 is 0 Å². The standard InChI is InChI=1S/C44H40F4N6O6/c45-31-13-5-27(6-14-31)41(25-43(29-9-17-33(47)18-10-29)37(35(41)51-53-49)55-39(57-59-43)21-1-2-22-39)42(28-7-15-32(46)16-8-28)26-44(30-11-19-34(48)20-12-30)38(36(42)52-54-50)56-40(58-60-44)23-3-4-24-40/h5-20,35-38H,1-4,21-26H2/t35-,36-,37-,38-,41+,42+,43-,44-/m0/s1. The van der Waals surface area contributed by atoms with Crippen LogP contribution in [0.2, 0.25) is 0 Å². The van der Waals surface area contributed by atoms with Gasteiger partial charge in [0.15, 0.2) is 11.2 Å². The van der Waals surface area contributed by atoms with E-state index in [9.17, 15) is 19.8 Å². The van der Waals surface area contributed by atoms with Gasteiger partial charge >= 0.3 is 0 Å². The molecule has 0 radical (unpaired) electrons. The van der Waals surface area contributed by atoms with Crippen molar-refractivity contribution >= 4 is 0 Å². The van der Waals surface area contributed by atoms with Gasteiger partial charge in [-0.1, -0.05) is 58.8 Å². The van der Waals surface area contributed by atoms with Crippen LogP contribution in [0, 0.1) is 23.3 Å². The number of rotatable bonds is 7. The summed E-state index contributed by atoms with van der Waals surface area (Å²) in [6.07, 6.45) is 2.17. The van der Waals surface area contributed by atoms with Gasteiger partial charge in [0.2, 0.25) is 11.6 Å². The van der Waals surface area contributed by atoms with Crippen LogP contribution in [0.4, 0.5) is 17.6 Å². The van der Waals surface area contributed by atoms with Crippen molar-refractivity contribution in [3.63, 3.8) is 0 Å². The highest BCUT2D eigenvalue weighted by Gasteiger charge is 2.81. The van der Waals surface area contributed by atoms with Crippen LogP contribution in [0.5, 0.6) is 0 Å². The molecule has 4 aliphatic carbocycles. The lowest BCUT2D eigenvalue weighted by Crippen LogP contribution is -2.61. The molecule has 0 bridgehead atoms. The van der Waals surface area contributed by atoms with E-state index in [0.717, 1.165) is 25.7 Å². The quantitative estimate of drug-likeness (QED) is 0.0594. The molecule has 2 aliphatic heterocycles. The van der Waals surface area contributed by atoms with E-state index < -0.39 is 81.2 Å². The van der Waals surface area contributed by atoms with Gasteiger partial charge in [-0.15, -0.1) is 0 Å². The molecule has 6 fully saturated rings. The van der Waals surface area contributed by atoms with Crippen LogP contribution >= 0.6 is 0 Å². The largest absolute Gasteiger partial charge is 0.340 e. The predicted octanol–water partition coefficient (Wildman–Crippen LogP) is 10.6. The molecule has 0 amide bonds. The number of fused-ring (bicyclic) bond motifs is 2. The summed E-state index contributed by atoms with van der Waals surface area (Å²) in [5, 5.41) is 9.21. The third kappa shape index (κ3) is 5.59. The van der Waals surface area contributed by atoms with E-state index in [2.05, 4.69) is 20.1 Å². The molecule has 0 aromatic heterocycles. The van der Waals surface area contributed by atoms with E-state index in [1.165, 1.54) is 48.5 Å². The van der Waals surface area contributed by atoms with Crippen molar-refractivity contribution < 1.29 is 46.6 Å². The summed E-state index contributed by atoms with van der Waals surface area (Å²) in [5.41, 5.74) is 16.3. The van der Waals surface area contributed by atoms with Gasteiger partial charge in [-0.2, -0.15) is 0 Å². The molecule has 12 nitrogen and oxygen atoms in total. The number of hydrogen-bond acceptors (Lipinski definition) is 8. The number of hydrogen-bond donors (Lipinski definition) is 0. The third-order valence-corrected chi connectivity index (χ3v) is 14.2. The Morgan fingerprint density at radius 1 is 0.450 bits per heavy atom. The molecule has 0 N–H and O–H groups in total. The van der Waals surface area contributed by atoms with E-state index in [0.29, 0.717) is 47.9 Å². The smallest absolute Gasteiger partial charge is 0.202 e.